The lowest BCUT2D eigenvalue weighted by Gasteiger charge is -2.22. The molecule has 0 radical (unpaired) electrons. The van der Waals surface area contributed by atoms with Crippen LogP contribution in [0.25, 0.3) is 5.76 Å². The number of ketones is 1. The first-order chi connectivity index (χ1) is 17.0. The van der Waals surface area contributed by atoms with Crippen LogP contribution < -0.4 is 4.90 Å². The van der Waals surface area contributed by atoms with E-state index in [9.17, 15) is 14.7 Å². The molecule has 1 aromatic heterocycles. The smallest absolute Gasteiger partial charge is 0.301 e. The molecule has 1 N–H and O–H groups in total. The largest absolute Gasteiger partial charge is 0.507 e. The van der Waals surface area contributed by atoms with Crippen LogP contribution >= 0.6 is 39.0 Å². The van der Waals surface area contributed by atoms with Crippen LogP contribution in [0.4, 0.5) is 5.13 Å². The third-order valence-electron chi connectivity index (χ3n) is 5.48. The molecule has 0 spiro atoms. The van der Waals surface area contributed by atoms with E-state index in [4.69, 9.17) is 0 Å². The summed E-state index contributed by atoms with van der Waals surface area (Å²) < 4.78 is 1.54. The number of halogens is 1. The second-order valence-electron chi connectivity index (χ2n) is 7.71. The second-order valence-corrected chi connectivity index (χ2v) is 10.8. The molecule has 174 valence electrons. The number of nitrogens with zero attached hydrogens (tertiary/aromatic N) is 3. The van der Waals surface area contributed by atoms with Crippen molar-refractivity contribution in [2.75, 3.05) is 4.90 Å². The van der Waals surface area contributed by atoms with E-state index in [0.29, 0.717) is 26.4 Å². The number of hydrogen-bond donors (Lipinski definition) is 1. The zero-order valence-corrected chi connectivity index (χ0v) is 21.4. The lowest BCUT2D eigenvalue weighted by atomic mass is 9.95. The fraction of sp³-hybridized carbons (Fsp3) is 0.0769. The average molecular weight is 564 g/mol. The Morgan fingerprint density at radius 1 is 0.943 bits per heavy atom. The van der Waals surface area contributed by atoms with Gasteiger partial charge in [-0.3, -0.25) is 14.5 Å². The Hall–Kier alpha value is -3.27. The van der Waals surface area contributed by atoms with Crippen molar-refractivity contribution in [3.05, 3.63) is 112 Å². The number of rotatable bonds is 6. The Balaban J connectivity index is 1.54. The van der Waals surface area contributed by atoms with Crippen LogP contribution in [-0.2, 0) is 15.3 Å². The molecule has 5 rings (SSSR count). The van der Waals surface area contributed by atoms with Crippen LogP contribution in [0.5, 0.6) is 0 Å². The third kappa shape index (κ3) is 4.80. The van der Waals surface area contributed by atoms with Gasteiger partial charge in [0.2, 0.25) is 5.13 Å². The van der Waals surface area contributed by atoms with Gasteiger partial charge in [0.05, 0.1) is 11.6 Å². The zero-order chi connectivity index (χ0) is 24.4. The standard InChI is InChI=1S/C26H18BrN3O3S2/c27-19-13-11-17(12-14-19)21-20(22(31)18-9-5-2-6-10-18)23(32)24(33)30(21)25-28-29-26(35-25)34-15-16-7-3-1-4-8-16/h1-14,21,31H,15H2/b22-20-. The molecule has 1 fully saturated rings. The lowest BCUT2D eigenvalue weighted by molar-refractivity contribution is -0.132. The number of aromatic nitrogens is 2. The molecular weight excluding hydrogens is 546 g/mol. The first-order valence-electron chi connectivity index (χ1n) is 10.6. The summed E-state index contributed by atoms with van der Waals surface area (Å²) in [6, 6.07) is 25.2. The summed E-state index contributed by atoms with van der Waals surface area (Å²) >= 11 is 6.19. The maximum absolute atomic E-state index is 13.2. The number of hydrogen-bond acceptors (Lipinski definition) is 7. The Morgan fingerprint density at radius 3 is 2.29 bits per heavy atom. The van der Waals surface area contributed by atoms with E-state index in [-0.39, 0.29) is 11.3 Å². The Morgan fingerprint density at radius 2 is 1.60 bits per heavy atom. The zero-order valence-electron chi connectivity index (χ0n) is 18.2. The van der Waals surface area contributed by atoms with Gasteiger partial charge in [-0.25, -0.2) is 0 Å². The van der Waals surface area contributed by atoms with E-state index in [1.807, 2.05) is 60.7 Å². The molecular formula is C26H18BrN3O3S2. The van der Waals surface area contributed by atoms with Gasteiger partial charge in [-0.2, -0.15) is 0 Å². The molecule has 0 aliphatic carbocycles. The van der Waals surface area contributed by atoms with E-state index in [1.165, 1.54) is 28.0 Å². The van der Waals surface area contributed by atoms with Crippen molar-refractivity contribution in [3.63, 3.8) is 0 Å². The van der Waals surface area contributed by atoms with E-state index in [0.717, 1.165) is 10.0 Å². The summed E-state index contributed by atoms with van der Waals surface area (Å²) in [5.74, 6) is -1.01. The summed E-state index contributed by atoms with van der Waals surface area (Å²) in [5, 5.41) is 19.9. The number of carbonyl (C=O) groups excluding carboxylic acids is 2. The normalized spacial score (nSPS) is 17.2. The van der Waals surface area contributed by atoms with Crippen molar-refractivity contribution in [1.29, 1.82) is 0 Å². The minimum absolute atomic E-state index is 0.0252. The molecule has 1 aliphatic heterocycles. The summed E-state index contributed by atoms with van der Waals surface area (Å²) in [4.78, 5) is 27.8. The summed E-state index contributed by atoms with van der Waals surface area (Å²) in [6.45, 7) is 0. The molecule has 1 amide bonds. The molecule has 35 heavy (non-hydrogen) atoms. The van der Waals surface area contributed by atoms with Crippen LogP contribution in [-0.4, -0.2) is 27.0 Å². The third-order valence-corrected chi connectivity index (χ3v) is 8.14. The number of thioether (sulfide) groups is 1. The van der Waals surface area contributed by atoms with Crippen molar-refractivity contribution in [2.45, 2.75) is 16.1 Å². The molecule has 0 bridgehead atoms. The number of benzene rings is 3. The molecule has 2 heterocycles. The van der Waals surface area contributed by atoms with Crippen LogP contribution in [0.15, 0.2) is 99.3 Å². The van der Waals surface area contributed by atoms with E-state index < -0.39 is 17.7 Å². The van der Waals surface area contributed by atoms with Gasteiger partial charge in [0.25, 0.3) is 5.78 Å². The maximum atomic E-state index is 13.2. The van der Waals surface area contributed by atoms with E-state index in [1.54, 1.807) is 24.3 Å². The van der Waals surface area contributed by atoms with Crippen molar-refractivity contribution in [1.82, 2.24) is 10.2 Å². The highest BCUT2D eigenvalue weighted by Crippen LogP contribution is 2.44. The number of Topliss-reactive ketones (excluding diaryl/α,β-unsaturated/α-hetero) is 1. The average Bonchev–Trinajstić information content (AvgIpc) is 3.46. The maximum Gasteiger partial charge on any atom is 0.301 e. The van der Waals surface area contributed by atoms with Gasteiger partial charge in [0.1, 0.15) is 5.76 Å². The van der Waals surface area contributed by atoms with Crippen LogP contribution in [0, 0.1) is 0 Å². The molecule has 1 atom stereocenters. The van der Waals surface area contributed by atoms with E-state index in [2.05, 4.69) is 26.1 Å². The van der Waals surface area contributed by atoms with Gasteiger partial charge >= 0.3 is 5.91 Å². The Kier molecular flexibility index (Phi) is 6.81. The second kappa shape index (κ2) is 10.2. The van der Waals surface area contributed by atoms with Gasteiger partial charge < -0.3 is 5.11 Å². The van der Waals surface area contributed by atoms with Crippen molar-refractivity contribution >= 4 is 61.6 Å². The molecule has 1 saturated heterocycles. The minimum Gasteiger partial charge on any atom is -0.507 e. The summed E-state index contributed by atoms with van der Waals surface area (Å²) in [6.07, 6.45) is 0. The quantitative estimate of drug-likeness (QED) is 0.0985. The number of aliphatic hydroxyl groups is 1. The Labute approximate surface area is 218 Å². The van der Waals surface area contributed by atoms with E-state index >= 15 is 0 Å². The minimum atomic E-state index is -0.830. The van der Waals surface area contributed by atoms with Gasteiger partial charge in [0, 0.05) is 15.8 Å². The number of amides is 1. The van der Waals surface area contributed by atoms with Crippen molar-refractivity contribution in [2.24, 2.45) is 0 Å². The van der Waals surface area contributed by atoms with Gasteiger partial charge in [-0.1, -0.05) is 112 Å². The molecule has 9 heteroatoms. The first-order valence-corrected chi connectivity index (χ1v) is 13.2. The van der Waals surface area contributed by atoms with Crippen LogP contribution in [0.3, 0.4) is 0 Å². The molecule has 1 aliphatic rings. The lowest BCUT2D eigenvalue weighted by Crippen LogP contribution is -2.29. The predicted molar refractivity (Wildman–Crippen MR) is 141 cm³/mol. The SMILES string of the molecule is O=C1C(=O)N(c2nnc(SCc3ccccc3)s2)C(c2ccc(Br)cc2)/C1=C(/O)c1ccccc1. The number of carbonyl (C=O) groups is 2. The number of anilines is 1. The summed E-state index contributed by atoms with van der Waals surface area (Å²) in [5.41, 5.74) is 2.31. The monoisotopic (exact) mass is 563 g/mol. The first kappa shape index (κ1) is 23.5. The Bertz CT molecular complexity index is 1410. The number of aliphatic hydroxyl groups excluding tert-OH is 1. The predicted octanol–water partition coefficient (Wildman–Crippen LogP) is 6.22. The van der Waals surface area contributed by atoms with Gasteiger partial charge in [-0.05, 0) is 23.3 Å². The highest BCUT2D eigenvalue weighted by atomic mass is 79.9. The fourth-order valence-electron chi connectivity index (χ4n) is 3.82. The summed E-state index contributed by atoms with van der Waals surface area (Å²) in [7, 11) is 0. The van der Waals surface area contributed by atoms with Gasteiger partial charge in [-0.15, -0.1) is 10.2 Å². The van der Waals surface area contributed by atoms with Crippen LogP contribution in [0.2, 0.25) is 0 Å². The molecule has 3 aromatic carbocycles. The molecule has 4 aromatic rings. The molecule has 0 saturated carbocycles. The van der Waals surface area contributed by atoms with Crippen molar-refractivity contribution < 1.29 is 14.7 Å². The van der Waals surface area contributed by atoms with Gasteiger partial charge in [0.15, 0.2) is 4.34 Å². The highest BCUT2D eigenvalue weighted by Gasteiger charge is 2.48. The molecule has 1 unspecified atom stereocenters. The fourth-order valence-corrected chi connectivity index (χ4v) is 5.91. The van der Waals surface area contributed by atoms with Crippen molar-refractivity contribution in [3.8, 4) is 0 Å². The topological polar surface area (TPSA) is 83.4 Å². The van der Waals surface area contributed by atoms with Crippen LogP contribution in [0.1, 0.15) is 22.7 Å². The highest BCUT2D eigenvalue weighted by molar-refractivity contribution is 9.10. The molecule has 6 nitrogen and oxygen atoms in total.